The Balaban J connectivity index is 5.35. The highest BCUT2D eigenvalue weighted by Crippen LogP contribution is 2.05. The summed E-state index contributed by atoms with van der Waals surface area (Å²) in [5.74, 6) is -11.0. The van der Waals surface area contributed by atoms with E-state index in [1.165, 1.54) is 35.1 Å². The lowest BCUT2D eigenvalue weighted by atomic mass is 10.2. The molecule has 0 aliphatic carbocycles. The number of carbonyl (C=O) groups is 10. The number of hydrogen-bond donors (Lipinski definition) is 6. The number of nitrogens with one attached hydrogen (secondary N) is 2. The number of carbonyl (C=O) groups excluding carboxylic acids is 10. The fraction of sp³-hybridized carbons (Fsp3) is 0.706. The van der Waals surface area contributed by atoms with Crippen LogP contribution in [0.1, 0.15) is 13.3 Å². The van der Waals surface area contributed by atoms with Gasteiger partial charge in [0.2, 0.25) is 59.1 Å². The van der Waals surface area contributed by atoms with Crippen LogP contribution >= 0.6 is 0 Å². The molecule has 1 unspecified atom stereocenters. The van der Waals surface area contributed by atoms with Crippen molar-refractivity contribution in [2.24, 2.45) is 5.73 Å². The van der Waals surface area contributed by atoms with Gasteiger partial charge in [-0.3, -0.25) is 61.6 Å². The largest absolute Gasteiger partial charge is 0.352 e. The lowest BCUT2D eigenvalue weighted by molar-refractivity contribution is -0.145. The molecule has 0 aromatic carbocycles. The second-order valence-electron chi connectivity index (χ2n) is 15.5. The first-order valence-corrected chi connectivity index (χ1v) is 24.2. The molecule has 33 heteroatoms. The Labute approximate surface area is 388 Å². The van der Waals surface area contributed by atoms with Crippen molar-refractivity contribution in [3.05, 3.63) is 0 Å². The van der Waals surface area contributed by atoms with E-state index in [0.717, 1.165) is 57.6 Å². The third-order valence-electron chi connectivity index (χ3n) is 9.38. The Kier molecular flexibility index (Phi) is 24.4. The molecule has 0 heterocycles. The van der Waals surface area contributed by atoms with Crippen LogP contribution in [0.15, 0.2) is 0 Å². The lowest BCUT2D eigenvalue weighted by Gasteiger charge is -2.28. The van der Waals surface area contributed by atoms with Crippen LogP contribution < -0.4 is 16.4 Å². The maximum absolute atomic E-state index is 13.3. The first kappa shape index (κ1) is 61.4. The van der Waals surface area contributed by atoms with Crippen molar-refractivity contribution < 1.29 is 86.9 Å². The van der Waals surface area contributed by atoms with Gasteiger partial charge >= 0.3 is 0 Å². The number of nitrogens with zero attached hydrogens (tertiary/aromatic N) is 8. The first-order valence-electron chi connectivity index (χ1n) is 19.5. The van der Waals surface area contributed by atoms with Crippen LogP contribution in [-0.4, -0.2) is 281 Å². The summed E-state index contributed by atoms with van der Waals surface area (Å²) in [5.41, 5.74) is 5.24. The average molecular weight is 1020 g/mol. The van der Waals surface area contributed by atoms with E-state index in [1.807, 2.05) is 0 Å². The predicted octanol–water partition coefficient (Wildman–Crippen LogP) is -7.98. The van der Waals surface area contributed by atoms with Gasteiger partial charge in [0, 0.05) is 69.0 Å². The van der Waals surface area contributed by atoms with E-state index in [9.17, 15) is 82.3 Å². The van der Waals surface area contributed by atoms with E-state index in [2.05, 4.69) is 10.6 Å². The summed E-state index contributed by atoms with van der Waals surface area (Å²) >= 11 is 0. The van der Waals surface area contributed by atoms with Crippen LogP contribution in [0.25, 0.3) is 0 Å². The summed E-state index contributed by atoms with van der Waals surface area (Å²) in [6.45, 7) is -4.56. The molecule has 10 amide bonds. The zero-order chi connectivity index (χ0) is 52.5. The maximum Gasteiger partial charge on any atom is 0.278 e. The highest BCUT2D eigenvalue weighted by Gasteiger charge is 2.34. The number of likely N-dealkylation sites (N-methyl/N-ethyl adjacent to an activating group) is 8. The summed E-state index contributed by atoms with van der Waals surface area (Å²) in [6.07, 6.45) is -0.0968. The molecule has 0 bridgehead atoms. The smallest absolute Gasteiger partial charge is 0.278 e. The van der Waals surface area contributed by atoms with Gasteiger partial charge in [-0.1, -0.05) is 0 Å². The molecule has 0 spiro atoms. The minimum atomic E-state index is -4.96. The van der Waals surface area contributed by atoms with Gasteiger partial charge in [0.25, 0.3) is 30.4 Å². The van der Waals surface area contributed by atoms with Crippen LogP contribution in [0.3, 0.4) is 0 Å². The second kappa shape index (κ2) is 26.7. The molecule has 30 nitrogen and oxygen atoms in total. The molecule has 0 rings (SSSR count). The summed E-state index contributed by atoms with van der Waals surface area (Å²) in [7, 11) is -4.89. The molecule has 67 heavy (non-hydrogen) atoms. The summed E-state index contributed by atoms with van der Waals surface area (Å²) in [4.78, 5) is 134. The molecule has 0 aromatic heterocycles. The molecule has 0 radical (unpaired) electrons. The second-order valence-corrected chi connectivity index (χ2v) is 20.2. The minimum Gasteiger partial charge on any atom is -0.352 e. The van der Waals surface area contributed by atoms with E-state index < -0.39 is 177 Å². The summed E-state index contributed by atoms with van der Waals surface area (Å²) in [6, 6.07) is -2.67. The van der Waals surface area contributed by atoms with Crippen molar-refractivity contribution in [3.8, 4) is 0 Å². The van der Waals surface area contributed by atoms with Gasteiger partial charge in [0.05, 0.1) is 58.1 Å². The van der Waals surface area contributed by atoms with Gasteiger partial charge in [-0.15, -0.1) is 0 Å². The quantitative estimate of drug-likeness (QED) is 0.0416. The fourth-order valence-corrected chi connectivity index (χ4v) is 7.24. The van der Waals surface area contributed by atoms with Crippen LogP contribution in [0, 0.1) is 0 Å². The van der Waals surface area contributed by atoms with Crippen LogP contribution in [0.2, 0.25) is 0 Å². The normalized spacial score (nSPS) is 12.9. The van der Waals surface area contributed by atoms with Crippen molar-refractivity contribution in [1.82, 2.24) is 49.8 Å². The van der Waals surface area contributed by atoms with Gasteiger partial charge in [-0.05, 0) is 13.3 Å². The Morgan fingerprint density at radius 2 is 0.761 bits per heavy atom. The molecule has 0 aromatic rings. The molecule has 0 aliphatic rings. The Hall–Kier alpha value is -5.61. The van der Waals surface area contributed by atoms with E-state index in [0.29, 0.717) is 9.80 Å². The molecule has 3 atom stereocenters. The fourth-order valence-electron chi connectivity index (χ4n) is 5.26. The molecular weight excluding hydrogens is 963 g/mol. The zero-order valence-corrected chi connectivity index (χ0v) is 40.9. The van der Waals surface area contributed by atoms with E-state index in [4.69, 9.17) is 10.3 Å². The molecule has 384 valence electrons. The van der Waals surface area contributed by atoms with Crippen LogP contribution in [0.5, 0.6) is 0 Å². The van der Waals surface area contributed by atoms with E-state index in [1.54, 1.807) is 0 Å². The highest BCUT2D eigenvalue weighted by atomic mass is 32.2. The van der Waals surface area contributed by atoms with Crippen molar-refractivity contribution in [2.75, 3.05) is 127 Å². The number of hydrogen-bond acceptors (Lipinski definition) is 17. The lowest BCUT2D eigenvalue weighted by Crippen LogP contribution is -2.55. The Morgan fingerprint density at radius 3 is 1.06 bits per heavy atom. The third kappa shape index (κ3) is 23.6. The predicted molar refractivity (Wildman–Crippen MR) is 232 cm³/mol. The molecule has 7 N–H and O–H groups in total. The Bertz CT molecular complexity index is 2200. The van der Waals surface area contributed by atoms with Crippen molar-refractivity contribution in [2.45, 2.75) is 30.7 Å². The molecular formula is C34H61N11O19S3. The highest BCUT2D eigenvalue weighted by molar-refractivity contribution is 7.87. The maximum atomic E-state index is 13.3. The van der Waals surface area contributed by atoms with Crippen LogP contribution in [0.4, 0.5) is 0 Å². The van der Waals surface area contributed by atoms with E-state index in [-0.39, 0.29) is 6.42 Å². The van der Waals surface area contributed by atoms with Gasteiger partial charge in [0.15, 0.2) is 5.25 Å². The van der Waals surface area contributed by atoms with Gasteiger partial charge in [-0.2, -0.15) is 25.3 Å². The number of nitrogens with two attached hydrogens (primary N) is 1. The first-order chi connectivity index (χ1) is 30.4. The monoisotopic (exact) mass is 1020 g/mol. The van der Waals surface area contributed by atoms with Gasteiger partial charge < -0.3 is 55.6 Å². The summed E-state index contributed by atoms with van der Waals surface area (Å²) in [5, 5.41) is 2.49. The van der Waals surface area contributed by atoms with Crippen molar-refractivity contribution >= 4 is 89.4 Å². The number of rotatable bonds is 27. The Morgan fingerprint density at radius 1 is 0.463 bits per heavy atom. The van der Waals surface area contributed by atoms with Crippen molar-refractivity contribution in [1.29, 1.82) is 0 Å². The van der Waals surface area contributed by atoms with Gasteiger partial charge in [0.1, 0.15) is 11.8 Å². The SMILES string of the molecule is C[C@H](CCS(=O)(=O)O)NC(=O)CN(C)C(=O)CN(C)C(=O)CN(C)C(=O)CN(C)C(=O)[C@H](CS(=O)(=O)O)NC(=O)CN(C)C(=O)CN(C)C(=O)CN(C)C(=O)CN(C)C(=O)C(CN)S(=O)(=O)O. The number of amides is 10. The molecule has 0 saturated carbocycles. The third-order valence-corrected chi connectivity index (χ3v) is 12.0. The molecule has 0 fully saturated rings. The van der Waals surface area contributed by atoms with E-state index >= 15 is 0 Å². The molecule has 0 saturated heterocycles. The topological polar surface area (TPSA) is 410 Å². The average Bonchev–Trinajstić information content (AvgIpc) is 3.17. The zero-order valence-electron chi connectivity index (χ0n) is 38.5. The van der Waals surface area contributed by atoms with Gasteiger partial charge in [-0.25, -0.2) is 0 Å². The summed E-state index contributed by atoms with van der Waals surface area (Å²) < 4.78 is 95.8. The van der Waals surface area contributed by atoms with Crippen LogP contribution in [-0.2, 0) is 78.3 Å². The standard InChI is InChI=1S/C34H61N11O19S3/c1-22(10-11-65(56,57)58)36-25(46)13-38(2)27(48)15-40(4)29(50)17-42(6)31(52)19-44(8)33(54)23(21-66(59,60)61)37-26(47)14-39(3)28(49)16-41(5)30(51)18-43(7)32(53)20-45(9)34(55)24(12-35)67(62,63)64/h22-24H,10-21,35H2,1-9H3,(H,36,46)(H,37,47)(H,56,57,58)(H,59,60,61)(H,62,63,64)/t22-,23+,24?/m1/s1. The molecule has 0 aliphatic heterocycles. The van der Waals surface area contributed by atoms with Crippen molar-refractivity contribution in [3.63, 3.8) is 0 Å². The minimum absolute atomic E-state index is 0.0968.